The van der Waals surface area contributed by atoms with Crippen LogP contribution in [-0.4, -0.2) is 24.7 Å². The Hall–Kier alpha value is -3.99. The first-order valence-electron chi connectivity index (χ1n) is 12.9. The molecule has 1 aliphatic heterocycles. The third kappa shape index (κ3) is 2.77. The van der Waals surface area contributed by atoms with Gasteiger partial charge in [0.1, 0.15) is 5.75 Å². The largest absolute Gasteiger partial charge is 0.497 e. The van der Waals surface area contributed by atoms with Crippen LogP contribution in [0.2, 0.25) is 0 Å². The molecule has 3 aromatic rings. The van der Waals surface area contributed by atoms with Gasteiger partial charge < -0.3 is 4.74 Å². The van der Waals surface area contributed by atoms with Crippen LogP contribution in [0.5, 0.6) is 5.75 Å². The van der Waals surface area contributed by atoms with E-state index >= 15 is 0 Å². The summed E-state index contributed by atoms with van der Waals surface area (Å²) in [4.78, 5) is 44.5. The molecule has 1 heterocycles. The van der Waals surface area contributed by atoms with Crippen LogP contribution in [0, 0.1) is 22.7 Å². The van der Waals surface area contributed by atoms with Crippen molar-refractivity contribution < 1.29 is 19.1 Å². The second kappa shape index (κ2) is 8.27. The lowest BCUT2D eigenvalue weighted by atomic mass is 9.60. The van der Waals surface area contributed by atoms with Gasteiger partial charge >= 0.3 is 0 Å². The number of hydrogen-bond donors (Lipinski definition) is 0. The monoisotopic (exact) mass is 491 g/mol. The van der Waals surface area contributed by atoms with Gasteiger partial charge in [-0.05, 0) is 47.2 Å². The second-order valence-corrected chi connectivity index (χ2v) is 10.1. The first kappa shape index (κ1) is 23.4. The molecule has 37 heavy (non-hydrogen) atoms. The summed E-state index contributed by atoms with van der Waals surface area (Å²) < 4.78 is 5.37. The van der Waals surface area contributed by atoms with Gasteiger partial charge in [-0.2, -0.15) is 0 Å². The molecular formula is C32H29NO4. The van der Waals surface area contributed by atoms with Gasteiger partial charge in [0.25, 0.3) is 0 Å². The molecule has 2 bridgehead atoms. The fraction of sp³-hybridized carbons (Fsp3) is 0.281. The van der Waals surface area contributed by atoms with E-state index in [0.717, 1.165) is 22.3 Å². The first-order valence-corrected chi connectivity index (χ1v) is 12.9. The second-order valence-electron chi connectivity index (χ2n) is 10.1. The van der Waals surface area contributed by atoms with E-state index in [1.807, 2.05) is 74.5 Å². The summed E-state index contributed by atoms with van der Waals surface area (Å²) >= 11 is 0. The molecule has 6 rings (SSSR count). The van der Waals surface area contributed by atoms with Gasteiger partial charge in [-0.15, -0.1) is 0 Å². The van der Waals surface area contributed by atoms with Crippen LogP contribution < -0.4 is 9.64 Å². The van der Waals surface area contributed by atoms with Crippen molar-refractivity contribution in [2.45, 2.75) is 26.7 Å². The molecule has 0 N–H and O–H groups in total. The highest BCUT2D eigenvalue weighted by atomic mass is 16.5. The Balaban J connectivity index is 1.66. The summed E-state index contributed by atoms with van der Waals surface area (Å²) in [5.74, 6) is -1.50. The number of ether oxygens (including phenoxy) is 1. The summed E-state index contributed by atoms with van der Waals surface area (Å²) in [6.45, 7) is 3.95. The number of methoxy groups -OCH3 is 1. The van der Waals surface area contributed by atoms with Crippen molar-refractivity contribution in [2.75, 3.05) is 12.0 Å². The number of benzene rings is 3. The SMILES string of the molecule is CCC12C(=O)C(CC)(C(c3ccccc3)=C1c1ccccc1)C1C(=O)N(c3cccc(OC)c3)C(=O)C12. The van der Waals surface area contributed by atoms with Gasteiger partial charge in [-0.1, -0.05) is 80.6 Å². The van der Waals surface area contributed by atoms with E-state index in [1.54, 1.807) is 31.4 Å². The molecule has 5 nitrogen and oxygen atoms in total. The molecule has 3 aromatic carbocycles. The molecule has 1 saturated heterocycles. The first-order chi connectivity index (χ1) is 18.0. The zero-order valence-electron chi connectivity index (χ0n) is 21.2. The minimum absolute atomic E-state index is 0.0182. The number of carbonyl (C=O) groups is 3. The van der Waals surface area contributed by atoms with Crippen molar-refractivity contribution in [2.24, 2.45) is 22.7 Å². The van der Waals surface area contributed by atoms with Crippen LogP contribution in [-0.2, 0) is 14.4 Å². The number of Topliss-reactive ketones (excluding diaryl/α,β-unsaturated/α-hetero) is 1. The summed E-state index contributed by atoms with van der Waals surface area (Å²) in [5, 5.41) is 0. The molecule has 4 atom stereocenters. The summed E-state index contributed by atoms with van der Waals surface area (Å²) in [5.41, 5.74) is 2.01. The maximum absolute atomic E-state index is 14.7. The predicted molar refractivity (Wildman–Crippen MR) is 143 cm³/mol. The van der Waals surface area contributed by atoms with Gasteiger partial charge in [0.05, 0.1) is 35.5 Å². The molecule has 0 spiro atoms. The molecule has 2 fully saturated rings. The molecule has 2 amide bonds. The number of amides is 2. The van der Waals surface area contributed by atoms with E-state index in [4.69, 9.17) is 4.74 Å². The summed E-state index contributed by atoms with van der Waals surface area (Å²) in [7, 11) is 1.56. The third-order valence-corrected chi connectivity index (χ3v) is 8.87. The van der Waals surface area contributed by atoms with Crippen molar-refractivity contribution in [3.63, 3.8) is 0 Å². The van der Waals surface area contributed by atoms with Crippen LogP contribution in [0.4, 0.5) is 5.69 Å². The Labute approximate surface area is 216 Å². The zero-order chi connectivity index (χ0) is 25.9. The van der Waals surface area contributed by atoms with Gasteiger partial charge in [-0.3, -0.25) is 14.4 Å². The fourth-order valence-electron chi connectivity index (χ4n) is 7.46. The lowest BCUT2D eigenvalue weighted by Crippen LogP contribution is -2.41. The van der Waals surface area contributed by atoms with Crippen LogP contribution in [0.15, 0.2) is 84.9 Å². The molecule has 186 valence electrons. The topological polar surface area (TPSA) is 63.7 Å². The Morgan fingerprint density at radius 2 is 1.19 bits per heavy atom. The number of fused-ring (bicyclic) bond motifs is 5. The normalized spacial score (nSPS) is 28.3. The van der Waals surface area contributed by atoms with Gasteiger partial charge in [-0.25, -0.2) is 4.90 Å². The maximum Gasteiger partial charge on any atom is 0.239 e. The minimum Gasteiger partial charge on any atom is -0.497 e. The van der Waals surface area contributed by atoms with Crippen molar-refractivity contribution in [1.82, 2.24) is 0 Å². The molecule has 3 aliphatic rings. The van der Waals surface area contributed by atoms with Crippen molar-refractivity contribution in [1.29, 1.82) is 0 Å². The number of hydrogen-bond acceptors (Lipinski definition) is 4. The average Bonchev–Trinajstić information content (AvgIpc) is 3.45. The quantitative estimate of drug-likeness (QED) is 0.409. The van der Waals surface area contributed by atoms with Gasteiger partial charge in [0.15, 0.2) is 5.78 Å². The van der Waals surface area contributed by atoms with E-state index < -0.39 is 22.7 Å². The van der Waals surface area contributed by atoms with Crippen LogP contribution >= 0.6 is 0 Å². The van der Waals surface area contributed by atoms with Crippen molar-refractivity contribution >= 4 is 34.4 Å². The predicted octanol–water partition coefficient (Wildman–Crippen LogP) is 5.80. The van der Waals surface area contributed by atoms with Crippen molar-refractivity contribution in [3.8, 4) is 5.75 Å². The molecule has 1 saturated carbocycles. The highest BCUT2D eigenvalue weighted by Crippen LogP contribution is 2.75. The summed E-state index contributed by atoms with van der Waals surface area (Å²) in [6.07, 6.45) is 0.889. The number of carbonyl (C=O) groups excluding carboxylic acids is 3. The Morgan fingerprint density at radius 1 is 0.703 bits per heavy atom. The minimum atomic E-state index is -1.08. The summed E-state index contributed by atoms with van der Waals surface area (Å²) in [6, 6.07) is 26.8. The highest BCUT2D eigenvalue weighted by Gasteiger charge is 2.80. The number of imide groups is 1. The maximum atomic E-state index is 14.7. The van der Waals surface area contributed by atoms with E-state index in [-0.39, 0.29) is 17.6 Å². The molecule has 2 aliphatic carbocycles. The zero-order valence-corrected chi connectivity index (χ0v) is 21.2. The number of ketones is 1. The number of nitrogens with zero attached hydrogens (tertiary/aromatic N) is 1. The van der Waals surface area contributed by atoms with E-state index in [2.05, 4.69) is 0 Å². The van der Waals surface area contributed by atoms with Crippen LogP contribution in [0.25, 0.3) is 11.1 Å². The molecule has 0 aromatic heterocycles. The highest BCUT2D eigenvalue weighted by molar-refractivity contribution is 6.34. The molecule has 0 radical (unpaired) electrons. The van der Waals surface area contributed by atoms with Crippen LogP contribution in [0.3, 0.4) is 0 Å². The number of rotatable bonds is 6. The van der Waals surface area contributed by atoms with E-state index in [1.165, 1.54) is 4.90 Å². The smallest absolute Gasteiger partial charge is 0.239 e. The number of allylic oxidation sites excluding steroid dienone is 2. The number of anilines is 1. The van der Waals surface area contributed by atoms with Gasteiger partial charge in [0, 0.05) is 6.07 Å². The average molecular weight is 492 g/mol. The molecule has 4 unspecified atom stereocenters. The third-order valence-electron chi connectivity index (χ3n) is 8.87. The Bertz CT molecular complexity index is 1370. The van der Waals surface area contributed by atoms with Gasteiger partial charge in [0.2, 0.25) is 11.8 Å². The Morgan fingerprint density at radius 3 is 1.62 bits per heavy atom. The van der Waals surface area contributed by atoms with Crippen LogP contribution in [0.1, 0.15) is 37.8 Å². The van der Waals surface area contributed by atoms with Crippen molar-refractivity contribution in [3.05, 3.63) is 96.1 Å². The Kier molecular flexibility index (Phi) is 5.23. The molecule has 5 heteroatoms. The fourth-order valence-corrected chi connectivity index (χ4v) is 7.46. The lowest BCUT2D eigenvalue weighted by Gasteiger charge is -2.38. The standard InChI is InChI=1S/C32H29NO4/c1-4-31-24(20-13-8-6-9-14-20)25(21-15-10-7-11-16-21)32(5-2,30(31)36)27-26(31)28(34)33(29(27)35)22-17-12-18-23(19-22)37-3/h6-19,26-27H,4-5H2,1-3H3. The van der Waals surface area contributed by atoms with E-state index in [9.17, 15) is 14.4 Å². The lowest BCUT2D eigenvalue weighted by molar-refractivity contribution is -0.134. The molecular weight excluding hydrogens is 462 g/mol. The van der Waals surface area contributed by atoms with E-state index in [0.29, 0.717) is 24.3 Å².